The molecule has 0 unspecified atom stereocenters. The second kappa shape index (κ2) is 9.04. The van der Waals surface area contributed by atoms with Gasteiger partial charge in [0.05, 0.1) is 5.69 Å². The number of carbonyl (C=O) groups is 1. The van der Waals surface area contributed by atoms with E-state index >= 15 is 0 Å². The number of ether oxygens (including phenoxy) is 1. The minimum Gasteiger partial charge on any atom is -0.483 e. The summed E-state index contributed by atoms with van der Waals surface area (Å²) in [5.74, 6) is 0.631. The van der Waals surface area contributed by atoms with Gasteiger partial charge >= 0.3 is 0 Å². The van der Waals surface area contributed by atoms with Crippen molar-refractivity contribution in [1.29, 1.82) is 0 Å². The van der Waals surface area contributed by atoms with E-state index in [2.05, 4.69) is 46.4 Å². The second-order valence-electron chi connectivity index (χ2n) is 6.41. The molecule has 2 aromatic rings. The highest BCUT2D eigenvalue weighted by molar-refractivity contribution is 9.10. The number of halogens is 1. The Balaban J connectivity index is 1.98. The maximum absolute atomic E-state index is 12.2. The Bertz CT molecular complexity index is 756. The third kappa shape index (κ3) is 5.33. The van der Waals surface area contributed by atoms with E-state index in [0.29, 0.717) is 0 Å². The highest BCUT2D eigenvalue weighted by Crippen LogP contribution is 2.27. The van der Waals surface area contributed by atoms with Gasteiger partial charge in [-0.05, 0) is 83.9 Å². The molecule has 0 bridgehead atoms. The van der Waals surface area contributed by atoms with Crippen LogP contribution in [0.5, 0.6) is 5.75 Å². The molecule has 4 heteroatoms. The van der Waals surface area contributed by atoms with E-state index < -0.39 is 0 Å². The number of hydrogen-bond donors (Lipinski definition) is 1. The summed E-state index contributed by atoms with van der Waals surface area (Å²) in [7, 11) is 0. The van der Waals surface area contributed by atoms with Crippen LogP contribution in [-0.4, -0.2) is 12.5 Å². The first kappa shape index (κ1) is 19.5. The van der Waals surface area contributed by atoms with Crippen molar-refractivity contribution in [3.05, 3.63) is 57.1 Å². The summed E-state index contributed by atoms with van der Waals surface area (Å²) >= 11 is 3.54. The van der Waals surface area contributed by atoms with Gasteiger partial charge in [0.1, 0.15) is 5.75 Å². The first-order valence-electron chi connectivity index (χ1n) is 8.70. The Morgan fingerprint density at radius 3 is 2.52 bits per heavy atom. The van der Waals surface area contributed by atoms with Gasteiger partial charge in [-0.2, -0.15) is 0 Å². The largest absolute Gasteiger partial charge is 0.483 e. The molecular weight excluding hydrogens is 378 g/mol. The molecule has 2 aromatic carbocycles. The van der Waals surface area contributed by atoms with Crippen molar-refractivity contribution in [3.8, 4) is 5.75 Å². The lowest BCUT2D eigenvalue weighted by molar-refractivity contribution is -0.118. The minimum atomic E-state index is -0.165. The topological polar surface area (TPSA) is 38.3 Å². The zero-order valence-corrected chi connectivity index (χ0v) is 17.0. The zero-order chi connectivity index (χ0) is 18.4. The number of benzene rings is 2. The second-order valence-corrected chi connectivity index (χ2v) is 7.26. The smallest absolute Gasteiger partial charge is 0.262 e. The number of unbranched alkanes of at least 4 members (excludes halogenated alkanes) is 1. The van der Waals surface area contributed by atoms with Crippen molar-refractivity contribution in [2.45, 2.75) is 47.0 Å². The number of hydrogen-bond acceptors (Lipinski definition) is 2. The highest BCUT2D eigenvalue weighted by Gasteiger charge is 2.11. The van der Waals surface area contributed by atoms with Crippen molar-refractivity contribution < 1.29 is 9.53 Å². The molecule has 25 heavy (non-hydrogen) atoms. The van der Waals surface area contributed by atoms with Crippen molar-refractivity contribution >= 4 is 27.5 Å². The van der Waals surface area contributed by atoms with E-state index in [1.807, 2.05) is 32.9 Å². The van der Waals surface area contributed by atoms with Crippen LogP contribution in [-0.2, 0) is 11.2 Å². The molecule has 0 saturated carbocycles. The standard InChI is InChI=1S/C21H26BrNO2/c1-5-6-7-17-10-11-19(18(22)12-17)23-20(24)13-25-21-15(3)9-8-14(2)16(21)4/h8-12H,5-7,13H2,1-4H3,(H,23,24). The predicted octanol–water partition coefficient (Wildman–Crippen LogP) is 5.73. The van der Waals surface area contributed by atoms with Gasteiger partial charge in [0.25, 0.3) is 5.91 Å². The van der Waals surface area contributed by atoms with Crippen LogP contribution in [0.1, 0.15) is 42.0 Å². The van der Waals surface area contributed by atoms with E-state index in [1.165, 1.54) is 18.4 Å². The average molecular weight is 404 g/mol. The number of rotatable bonds is 7. The molecule has 0 atom stereocenters. The molecule has 0 fully saturated rings. The summed E-state index contributed by atoms with van der Waals surface area (Å²) in [6.45, 7) is 8.22. The molecule has 0 aliphatic rings. The van der Waals surface area contributed by atoms with Gasteiger partial charge in [-0.1, -0.05) is 31.5 Å². The van der Waals surface area contributed by atoms with Gasteiger partial charge in [-0.3, -0.25) is 4.79 Å². The van der Waals surface area contributed by atoms with Crippen molar-refractivity contribution in [3.63, 3.8) is 0 Å². The zero-order valence-electron chi connectivity index (χ0n) is 15.4. The lowest BCUT2D eigenvalue weighted by Gasteiger charge is -2.14. The third-order valence-corrected chi connectivity index (χ3v) is 5.00. The molecule has 0 heterocycles. The number of carbonyl (C=O) groups excluding carboxylic acids is 1. The molecular formula is C21H26BrNO2. The highest BCUT2D eigenvalue weighted by atomic mass is 79.9. The minimum absolute atomic E-state index is 0.00480. The van der Waals surface area contributed by atoms with E-state index in [1.54, 1.807) is 0 Å². The normalized spacial score (nSPS) is 10.6. The van der Waals surface area contributed by atoms with Crippen molar-refractivity contribution in [2.24, 2.45) is 0 Å². The van der Waals surface area contributed by atoms with Crippen molar-refractivity contribution in [1.82, 2.24) is 0 Å². The monoisotopic (exact) mass is 403 g/mol. The van der Waals surface area contributed by atoms with Gasteiger partial charge in [0, 0.05) is 4.47 Å². The fourth-order valence-electron chi connectivity index (χ4n) is 2.67. The van der Waals surface area contributed by atoms with Crippen LogP contribution in [0.2, 0.25) is 0 Å². The van der Waals surface area contributed by atoms with Gasteiger partial charge in [-0.15, -0.1) is 0 Å². The molecule has 0 radical (unpaired) electrons. The number of nitrogens with one attached hydrogen (secondary N) is 1. The maximum Gasteiger partial charge on any atom is 0.262 e. The summed E-state index contributed by atoms with van der Waals surface area (Å²) in [5.41, 5.74) is 5.32. The fourth-order valence-corrected chi connectivity index (χ4v) is 3.19. The molecule has 0 spiro atoms. The molecule has 0 aliphatic carbocycles. The first-order valence-corrected chi connectivity index (χ1v) is 9.49. The van der Waals surface area contributed by atoms with Crippen molar-refractivity contribution in [2.75, 3.05) is 11.9 Å². The summed E-state index contributed by atoms with van der Waals surface area (Å²) in [5, 5.41) is 2.91. The lowest BCUT2D eigenvalue weighted by Crippen LogP contribution is -2.21. The quantitative estimate of drug-likeness (QED) is 0.640. The van der Waals surface area contributed by atoms with Gasteiger partial charge in [0.15, 0.2) is 6.61 Å². The Morgan fingerprint density at radius 1 is 1.12 bits per heavy atom. The van der Waals surface area contributed by atoms with Gasteiger partial charge in [0.2, 0.25) is 0 Å². The van der Waals surface area contributed by atoms with Crippen LogP contribution in [0.3, 0.4) is 0 Å². The molecule has 0 aromatic heterocycles. The van der Waals surface area contributed by atoms with Crippen LogP contribution >= 0.6 is 15.9 Å². The summed E-state index contributed by atoms with van der Waals surface area (Å²) in [6.07, 6.45) is 3.39. The van der Waals surface area contributed by atoms with Crippen LogP contribution in [0.4, 0.5) is 5.69 Å². The Morgan fingerprint density at radius 2 is 1.84 bits per heavy atom. The lowest BCUT2D eigenvalue weighted by atomic mass is 10.1. The SMILES string of the molecule is CCCCc1ccc(NC(=O)COc2c(C)ccc(C)c2C)c(Br)c1. The number of amides is 1. The van der Waals surface area contributed by atoms with Gasteiger partial charge in [-0.25, -0.2) is 0 Å². The number of anilines is 1. The van der Waals surface area contributed by atoms with Crippen LogP contribution in [0.25, 0.3) is 0 Å². The van der Waals surface area contributed by atoms with E-state index in [9.17, 15) is 4.79 Å². The molecule has 134 valence electrons. The Labute approximate surface area is 158 Å². The molecule has 0 aliphatic heterocycles. The van der Waals surface area contributed by atoms with Crippen LogP contribution in [0.15, 0.2) is 34.8 Å². The summed E-state index contributed by atoms with van der Waals surface area (Å²) < 4.78 is 6.67. The van der Waals surface area contributed by atoms with Crippen LogP contribution < -0.4 is 10.1 Å². The summed E-state index contributed by atoms with van der Waals surface area (Å²) in [4.78, 5) is 12.2. The number of aryl methyl sites for hydroxylation is 3. The average Bonchev–Trinajstić information content (AvgIpc) is 2.58. The molecule has 1 N–H and O–H groups in total. The van der Waals surface area contributed by atoms with E-state index in [4.69, 9.17) is 4.74 Å². The summed E-state index contributed by atoms with van der Waals surface area (Å²) in [6, 6.07) is 10.2. The Kier molecular flexibility index (Phi) is 7.06. The maximum atomic E-state index is 12.2. The third-order valence-electron chi connectivity index (χ3n) is 4.35. The molecule has 3 nitrogen and oxygen atoms in total. The van der Waals surface area contributed by atoms with Gasteiger partial charge < -0.3 is 10.1 Å². The Hall–Kier alpha value is -1.81. The van der Waals surface area contributed by atoms with Crippen LogP contribution in [0, 0.1) is 20.8 Å². The first-order chi connectivity index (χ1) is 11.9. The molecule has 1 amide bonds. The fraction of sp³-hybridized carbons (Fsp3) is 0.381. The molecule has 2 rings (SSSR count). The molecule has 0 saturated heterocycles. The van der Waals surface area contributed by atoms with E-state index in [-0.39, 0.29) is 12.5 Å². The van der Waals surface area contributed by atoms with E-state index in [0.717, 1.165) is 39.0 Å². The predicted molar refractivity (Wildman–Crippen MR) is 108 cm³/mol.